The summed E-state index contributed by atoms with van der Waals surface area (Å²) in [4.78, 5) is 27.6. The zero-order chi connectivity index (χ0) is 16.4. The second-order valence-corrected chi connectivity index (χ2v) is 6.40. The number of hydrogen-bond donors (Lipinski definition) is 1. The Labute approximate surface area is 136 Å². The van der Waals surface area contributed by atoms with E-state index >= 15 is 0 Å². The summed E-state index contributed by atoms with van der Waals surface area (Å²) in [6, 6.07) is 2.08. The van der Waals surface area contributed by atoms with E-state index in [4.69, 9.17) is 4.74 Å². The van der Waals surface area contributed by atoms with Gasteiger partial charge in [-0.05, 0) is 25.8 Å². The fourth-order valence-corrected chi connectivity index (χ4v) is 3.33. The number of nitrogens with one attached hydrogen (secondary N) is 1. The van der Waals surface area contributed by atoms with Crippen molar-refractivity contribution in [3.63, 3.8) is 0 Å². The number of amides is 2. The van der Waals surface area contributed by atoms with Crippen LogP contribution in [0.4, 0.5) is 0 Å². The molecule has 1 N–H and O–H groups in total. The summed E-state index contributed by atoms with van der Waals surface area (Å²) in [6.07, 6.45) is 1.31. The molecule has 1 aromatic heterocycles. The van der Waals surface area contributed by atoms with Gasteiger partial charge in [0.2, 0.25) is 5.91 Å². The Bertz CT molecular complexity index is 578. The predicted octanol–water partition coefficient (Wildman–Crippen LogP) is 0.671. The summed E-state index contributed by atoms with van der Waals surface area (Å²) in [5.41, 5.74) is 2.16. The van der Waals surface area contributed by atoms with Gasteiger partial charge in [0.05, 0.1) is 18.8 Å². The van der Waals surface area contributed by atoms with E-state index in [1.54, 1.807) is 4.90 Å². The SMILES string of the molecule is CC(=O)N1CCOC(C(=O)N2CCC(c3cc(C)[nH]n3)CC2)C1. The molecule has 2 amide bonds. The summed E-state index contributed by atoms with van der Waals surface area (Å²) in [7, 11) is 0. The molecule has 0 saturated carbocycles. The molecule has 3 rings (SSSR count). The van der Waals surface area contributed by atoms with Crippen LogP contribution >= 0.6 is 0 Å². The maximum Gasteiger partial charge on any atom is 0.253 e. The van der Waals surface area contributed by atoms with Crippen molar-refractivity contribution >= 4 is 11.8 Å². The van der Waals surface area contributed by atoms with Crippen LogP contribution in [0.3, 0.4) is 0 Å². The van der Waals surface area contributed by atoms with Crippen LogP contribution < -0.4 is 0 Å². The Morgan fingerprint density at radius 1 is 1.26 bits per heavy atom. The van der Waals surface area contributed by atoms with E-state index in [1.165, 1.54) is 6.92 Å². The van der Waals surface area contributed by atoms with Gasteiger partial charge in [0, 0.05) is 38.2 Å². The highest BCUT2D eigenvalue weighted by atomic mass is 16.5. The summed E-state index contributed by atoms with van der Waals surface area (Å²) in [5.74, 6) is 0.413. The lowest BCUT2D eigenvalue weighted by Gasteiger charge is -2.37. The smallest absolute Gasteiger partial charge is 0.253 e. The number of ether oxygens (including phenoxy) is 1. The van der Waals surface area contributed by atoms with Crippen LogP contribution in [0.15, 0.2) is 6.07 Å². The monoisotopic (exact) mass is 320 g/mol. The van der Waals surface area contributed by atoms with Crippen molar-refractivity contribution in [1.82, 2.24) is 20.0 Å². The largest absolute Gasteiger partial charge is 0.365 e. The molecular formula is C16H24N4O3. The number of aryl methyl sites for hydroxylation is 1. The normalized spacial score (nSPS) is 23.1. The number of nitrogens with zero attached hydrogens (tertiary/aromatic N) is 3. The molecule has 0 aromatic carbocycles. The fourth-order valence-electron chi connectivity index (χ4n) is 3.33. The number of aromatic amines is 1. The molecule has 0 spiro atoms. The first-order chi connectivity index (χ1) is 11.0. The Morgan fingerprint density at radius 3 is 2.61 bits per heavy atom. The van der Waals surface area contributed by atoms with Gasteiger partial charge >= 0.3 is 0 Å². The van der Waals surface area contributed by atoms with E-state index in [0.717, 1.165) is 37.3 Å². The van der Waals surface area contributed by atoms with Gasteiger partial charge < -0.3 is 14.5 Å². The molecule has 1 aromatic rings. The molecule has 7 heteroatoms. The minimum Gasteiger partial charge on any atom is -0.365 e. The first-order valence-electron chi connectivity index (χ1n) is 8.22. The maximum atomic E-state index is 12.6. The first kappa shape index (κ1) is 16.0. The number of morpholine rings is 1. The Morgan fingerprint density at radius 2 is 2.00 bits per heavy atom. The van der Waals surface area contributed by atoms with Gasteiger partial charge in [-0.1, -0.05) is 0 Å². The van der Waals surface area contributed by atoms with Crippen molar-refractivity contribution in [2.45, 2.75) is 38.7 Å². The Balaban J connectivity index is 1.54. The molecule has 2 aliphatic rings. The molecule has 7 nitrogen and oxygen atoms in total. The number of hydrogen-bond acceptors (Lipinski definition) is 4. The molecule has 2 saturated heterocycles. The number of carbonyl (C=O) groups excluding carboxylic acids is 2. The third-order valence-corrected chi connectivity index (χ3v) is 4.74. The summed E-state index contributed by atoms with van der Waals surface area (Å²) in [5, 5.41) is 7.31. The third kappa shape index (κ3) is 3.55. The van der Waals surface area contributed by atoms with Gasteiger partial charge in [-0.2, -0.15) is 5.10 Å². The zero-order valence-corrected chi connectivity index (χ0v) is 13.7. The lowest BCUT2D eigenvalue weighted by molar-refractivity contribution is -0.154. The van der Waals surface area contributed by atoms with Gasteiger partial charge in [-0.15, -0.1) is 0 Å². The summed E-state index contributed by atoms with van der Waals surface area (Å²) in [6.45, 7) is 6.33. The van der Waals surface area contributed by atoms with Crippen LogP contribution in [-0.4, -0.2) is 70.7 Å². The highest BCUT2D eigenvalue weighted by Gasteiger charge is 2.33. The van der Waals surface area contributed by atoms with Crippen molar-refractivity contribution in [3.05, 3.63) is 17.5 Å². The standard InChI is InChI=1S/C16H24N4O3/c1-11-9-14(18-17-11)13-3-5-19(6-4-13)16(22)15-10-20(12(2)21)7-8-23-15/h9,13,15H,3-8,10H2,1-2H3,(H,17,18). The number of piperidine rings is 1. The minimum atomic E-state index is -0.517. The number of carbonyl (C=O) groups is 2. The van der Waals surface area contributed by atoms with E-state index < -0.39 is 6.10 Å². The van der Waals surface area contributed by atoms with Gasteiger partial charge in [-0.25, -0.2) is 0 Å². The fraction of sp³-hybridized carbons (Fsp3) is 0.688. The van der Waals surface area contributed by atoms with Gasteiger partial charge in [0.1, 0.15) is 0 Å². The molecule has 0 aliphatic carbocycles. The van der Waals surface area contributed by atoms with Crippen molar-refractivity contribution in [2.75, 3.05) is 32.8 Å². The van der Waals surface area contributed by atoms with Crippen molar-refractivity contribution in [2.24, 2.45) is 0 Å². The van der Waals surface area contributed by atoms with Crippen LogP contribution in [0.1, 0.15) is 37.1 Å². The van der Waals surface area contributed by atoms with Crippen molar-refractivity contribution < 1.29 is 14.3 Å². The molecule has 1 atom stereocenters. The van der Waals surface area contributed by atoms with Crippen molar-refractivity contribution in [3.8, 4) is 0 Å². The molecule has 2 fully saturated rings. The van der Waals surface area contributed by atoms with Crippen LogP contribution in [0.5, 0.6) is 0 Å². The molecule has 2 aliphatic heterocycles. The van der Waals surface area contributed by atoms with Gasteiger partial charge in [-0.3, -0.25) is 14.7 Å². The predicted molar refractivity (Wildman–Crippen MR) is 83.9 cm³/mol. The number of likely N-dealkylation sites (tertiary alicyclic amines) is 1. The maximum absolute atomic E-state index is 12.6. The molecule has 1 unspecified atom stereocenters. The average molecular weight is 320 g/mol. The summed E-state index contributed by atoms with van der Waals surface area (Å²) < 4.78 is 5.59. The highest BCUT2D eigenvalue weighted by molar-refractivity contribution is 5.82. The number of aromatic nitrogens is 2. The van der Waals surface area contributed by atoms with E-state index in [0.29, 0.717) is 25.6 Å². The topological polar surface area (TPSA) is 78.5 Å². The van der Waals surface area contributed by atoms with Crippen LogP contribution in [0.25, 0.3) is 0 Å². The quantitative estimate of drug-likeness (QED) is 0.869. The van der Waals surface area contributed by atoms with Gasteiger partial charge in [0.25, 0.3) is 5.91 Å². The molecule has 126 valence electrons. The highest BCUT2D eigenvalue weighted by Crippen LogP contribution is 2.27. The molecule has 23 heavy (non-hydrogen) atoms. The Kier molecular flexibility index (Phi) is 4.66. The van der Waals surface area contributed by atoms with Gasteiger partial charge in [0.15, 0.2) is 6.10 Å². The molecule has 3 heterocycles. The van der Waals surface area contributed by atoms with Crippen molar-refractivity contribution in [1.29, 1.82) is 0 Å². The lowest BCUT2D eigenvalue weighted by Crippen LogP contribution is -2.53. The van der Waals surface area contributed by atoms with Crippen LogP contribution in [-0.2, 0) is 14.3 Å². The Hall–Kier alpha value is -1.89. The average Bonchev–Trinajstić information content (AvgIpc) is 3.01. The van der Waals surface area contributed by atoms with E-state index in [2.05, 4.69) is 16.3 Å². The summed E-state index contributed by atoms with van der Waals surface area (Å²) >= 11 is 0. The van der Waals surface area contributed by atoms with E-state index in [9.17, 15) is 9.59 Å². The van der Waals surface area contributed by atoms with E-state index in [-0.39, 0.29) is 11.8 Å². The first-order valence-corrected chi connectivity index (χ1v) is 8.22. The van der Waals surface area contributed by atoms with Crippen LogP contribution in [0.2, 0.25) is 0 Å². The lowest BCUT2D eigenvalue weighted by atomic mass is 9.93. The molecule has 0 bridgehead atoms. The van der Waals surface area contributed by atoms with E-state index in [1.807, 2.05) is 11.8 Å². The second-order valence-electron chi connectivity index (χ2n) is 6.40. The second kappa shape index (κ2) is 6.70. The molecular weight excluding hydrogens is 296 g/mol. The number of rotatable bonds is 2. The minimum absolute atomic E-state index is 0.00119. The molecule has 0 radical (unpaired) electrons. The number of H-pyrrole nitrogens is 1. The van der Waals surface area contributed by atoms with Crippen LogP contribution in [0, 0.1) is 6.92 Å². The third-order valence-electron chi connectivity index (χ3n) is 4.74. The zero-order valence-electron chi connectivity index (χ0n) is 13.7.